The van der Waals surface area contributed by atoms with Crippen LogP contribution >= 0.6 is 0 Å². The SMILES string of the molecule is CCC(CC)Oc1ccc(N2COCC(C(=O)OC)=C2C(=O)OC)cc1. The van der Waals surface area contributed by atoms with E-state index >= 15 is 0 Å². The number of anilines is 1. The molecule has 1 aliphatic rings. The van der Waals surface area contributed by atoms with Gasteiger partial charge in [0.2, 0.25) is 0 Å². The van der Waals surface area contributed by atoms with Gasteiger partial charge in [-0.1, -0.05) is 13.8 Å². The van der Waals surface area contributed by atoms with E-state index in [1.165, 1.54) is 14.2 Å². The van der Waals surface area contributed by atoms with Gasteiger partial charge < -0.3 is 23.8 Å². The summed E-state index contributed by atoms with van der Waals surface area (Å²) in [6.07, 6.45) is 2.02. The highest BCUT2D eigenvalue weighted by molar-refractivity contribution is 6.03. The van der Waals surface area contributed by atoms with Gasteiger partial charge in [-0.05, 0) is 37.1 Å². The Balaban J connectivity index is 2.33. The van der Waals surface area contributed by atoms with Gasteiger partial charge in [0.15, 0.2) is 0 Å². The molecule has 2 rings (SSSR count). The lowest BCUT2D eigenvalue weighted by molar-refractivity contribution is -0.140. The van der Waals surface area contributed by atoms with E-state index < -0.39 is 11.9 Å². The molecule has 7 nitrogen and oxygen atoms in total. The first kappa shape index (κ1) is 19.8. The molecule has 0 saturated carbocycles. The molecule has 0 radical (unpaired) electrons. The van der Waals surface area contributed by atoms with Crippen molar-refractivity contribution in [3.05, 3.63) is 35.5 Å². The van der Waals surface area contributed by atoms with Gasteiger partial charge in [0, 0.05) is 5.69 Å². The smallest absolute Gasteiger partial charge is 0.355 e. The first-order chi connectivity index (χ1) is 12.5. The molecule has 0 spiro atoms. The molecule has 0 bridgehead atoms. The molecule has 0 N–H and O–H groups in total. The Morgan fingerprint density at radius 1 is 1.08 bits per heavy atom. The Kier molecular flexibility index (Phi) is 7.03. The van der Waals surface area contributed by atoms with Gasteiger partial charge >= 0.3 is 11.9 Å². The quantitative estimate of drug-likeness (QED) is 0.690. The third-order valence-electron chi connectivity index (χ3n) is 4.19. The molecular formula is C19H25NO6. The number of methoxy groups -OCH3 is 2. The fourth-order valence-electron chi connectivity index (χ4n) is 2.70. The molecule has 0 aliphatic carbocycles. The highest BCUT2D eigenvalue weighted by atomic mass is 16.5. The number of nitrogens with zero attached hydrogens (tertiary/aromatic N) is 1. The minimum atomic E-state index is -0.621. The number of hydrogen-bond donors (Lipinski definition) is 0. The topological polar surface area (TPSA) is 74.3 Å². The van der Waals surface area contributed by atoms with Crippen LogP contribution in [0.4, 0.5) is 5.69 Å². The van der Waals surface area contributed by atoms with Crippen molar-refractivity contribution in [1.29, 1.82) is 0 Å². The molecule has 0 aromatic heterocycles. The van der Waals surface area contributed by atoms with Crippen molar-refractivity contribution in [1.82, 2.24) is 0 Å². The van der Waals surface area contributed by atoms with Crippen molar-refractivity contribution in [3.63, 3.8) is 0 Å². The Hall–Kier alpha value is -2.54. The zero-order valence-corrected chi connectivity index (χ0v) is 15.6. The van der Waals surface area contributed by atoms with E-state index in [-0.39, 0.29) is 30.7 Å². The highest BCUT2D eigenvalue weighted by Gasteiger charge is 2.32. The van der Waals surface area contributed by atoms with Crippen LogP contribution in [0.1, 0.15) is 26.7 Å². The molecule has 0 saturated heterocycles. The van der Waals surface area contributed by atoms with Gasteiger partial charge in [-0.15, -0.1) is 0 Å². The molecule has 142 valence electrons. The van der Waals surface area contributed by atoms with E-state index in [4.69, 9.17) is 18.9 Å². The molecule has 7 heteroatoms. The highest BCUT2D eigenvalue weighted by Crippen LogP contribution is 2.28. The van der Waals surface area contributed by atoms with Crippen LogP contribution < -0.4 is 9.64 Å². The molecule has 0 unspecified atom stereocenters. The summed E-state index contributed by atoms with van der Waals surface area (Å²) in [6.45, 7) is 4.27. The third-order valence-corrected chi connectivity index (χ3v) is 4.19. The fraction of sp³-hybridized carbons (Fsp3) is 0.474. The summed E-state index contributed by atoms with van der Waals surface area (Å²) in [4.78, 5) is 25.8. The number of benzene rings is 1. The van der Waals surface area contributed by atoms with E-state index in [0.717, 1.165) is 18.6 Å². The fourth-order valence-corrected chi connectivity index (χ4v) is 2.70. The van der Waals surface area contributed by atoms with Gasteiger partial charge in [0.1, 0.15) is 18.2 Å². The monoisotopic (exact) mass is 363 g/mol. The summed E-state index contributed by atoms with van der Waals surface area (Å²) in [6, 6.07) is 7.28. The van der Waals surface area contributed by atoms with Gasteiger partial charge in [0.05, 0.1) is 32.5 Å². The van der Waals surface area contributed by atoms with Crippen LogP contribution in [0.2, 0.25) is 0 Å². The van der Waals surface area contributed by atoms with Crippen LogP contribution in [-0.2, 0) is 23.8 Å². The normalized spacial score (nSPS) is 14.4. The molecule has 1 aromatic rings. The zero-order chi connectivity index (χ0) is 19.1. The number of hydrogen-bond acceptors (Lipinski definition) is 7. The van der Waals surface area contributed by atoms with Crippen molar-refractivity contribution in [2.75, 3.05) is 32.5 Å². The maximum atomic E-state index is 12.3. The van der Waals surface area contributed by atoms with Crippen molar-refractivity contribution in [2.45, 2.75) is 32.8 Å². The standard InChI is InChI=1S/C19H25NO6/c1-5-14(6-2)26-15-9-7-13(8-10-15)20-12-25-11-16(18(21)23-3)17(20)19(22)24-4/h7-10,14H,5-6,11-12H2,1-4H3. The number of rotatable bonds is 7. The minimum Gasteiger partial charge on any atom is -0.490 e. The van der Waals surface area contributed by atoms with Crippen LogP contribution in [0.5, 0.6) is 5.75 Å². The summed E-state index contributed by atoms with van der Waals surface area (Å²) in [5.74, 6) is -0.494. The molecule has 0 amide bonds. The van der Waals surface area contributed by atoms with Crippen LogP contribution in [0.3, 0.4) is 0 Å². The Morgan fingerprint density at radius 3 is 2.23 bits per heavy atom. The van der Waals surface area contributed by atoms with E-state index in [9.17, 15) is 9.59 Å². The number of carbonyl (C=O) groups is 2. The van der Waals surface area contributed by atoms with Gasteiger partial charge in [-0.2, -0.15) is 0 Å². The predicted octanol–water partition coefficient (Wildman–Crippen LogP) is 2.65. The van der Waals surface area contributed by atoms with Crippen LogP contribution in [0.15, 0.2) is 35.5 Å². The van der Waals surface area contributed by atoms with Gasteiger partial charge in [0.25, 0.3) is 0 Å². The van der Waals surface area contributed by atoms with Crippen LogP contribution in [-0.4, -0.2) is 45.6 Å². The largest absolute Gasteiger partial charge is 0.490 e. The minimum absolute atomic E-state index is 0.0104. The lowest BCUT2D eigenvalue weighted by Gasteiger charge is -2.31. The van der Waals surface area contributed by atoms with Crippen LogP contribution in [0.25, 0.3) is 0 Å². The van der Waals surface area contributed by atoms with Crippen molar-refractivity contribution in [2.24, 2.45) is 0 Å². The van der Waals surface area contributed by atoms with E-state index in [0.29, 0.717) is 5.69 Å². The van der Waals surface area contributed by atoms with E-state index in [2.05, 4.69) is 13.8 Å². The number of esters is 2. The first-order valence-electron chi connectivity index (χ1n) is 8.57. The molecule has 1 heterocycles. The summed E-state index contributed by atoms with van der Waals surface area (Å²) in [5, 5.41) is 0. The maximum absolute atomic E-state index is 12.3. The summed E-state index contributed by atoms with van der Waals surface area (Å²) < 4.78 is 21.0. The summed E-state index contributed by atoms with van der Waals surface area (Å²) in [5.41, 5.74) is 0.936. The zero-order valence-electron chi connectivity index (χ0n) is 15.6. The molecule has 1 aromatic carbocycles. The van der Waals surface area contributed by atoms with Gasteiger partial charge in [-0.3, -0.25) is 0 Å². The van der Waals surface area contributed by atoms with Crippen molar-refractivity contribution >= 4 is 17.6 Å². The second kappa shape index (κ2) is 9.24. The van der Waals surface area contributed by atoms with Crippen molar-refractivity contribution in [3.8, 4) is 5.75 Å². The first-order valence-corrected chi connectivity index (χ1v) is 8.57. The second-order valence-electron chi connectivity index (χ2n) is 5.77. The Morgan fingerprint density at radius 2 is 1.69 bits per heavy atom. The molecule has 0 atom stereocenters. The predicted molar refractivity (Wildman–Crippen MR) is 95.8 cm³/mol. The molecule has 1 aliphatic heterocycles. The Bertz CT molecular complexity index is 663. The lowest BCUT2D eigenvalue weighted by Crippen LogP contribution is -2.38. The van der Waals surface area contributed by atoms with Crippen molar-refractivity contribution < 1.29 is 28.5 Å². The average molecular weight is 363 g/mol. The molecule has 26 heavy (non-hydrogen) atoms. The molecule has 0 fully saturated rings. The summed E-state index contributed by atoms with van der Waals surface area (Å²) >= 11 is 0. The van der Waals surface area contributed by atoms with Gasteiger partial charge in [-0.25, -0.2) is 9.59 Å². The maximum Gasteiger partial charge on any atom is 0.355 e. The lowest BCUT2D eigenvalue weighted by atomic mass is 10.1. The number of ether oxygens (including phenoxy) is 4. The average Bonchev–Trinajstić information content (AvgIpc) is 2.70. The second-order valence-corrected chi connectivity index (χ2v) is 5.77. The molecular weight excluding hydrogens is 338 g/mol. The summed E-state index contributed by atoms with van der Waals surface area (Å²) in [7, 11) is 2.53. The Labute approximate surface area is 153 Å². The number of carbonyl (C=O) groups excluding carboxylic acids is 2. The van der Waals surface area contributed by atoms with E-state index in [1.54, 1.807) is 4.90 Å². The third kappa shape index (κ3) is 4.35. The van der Waals surface area contributed by atoms with Crippen LogP contribution in [0, 0.1) is 0 Å². The van der Waals surface area contributed by atoms with E-state index in [1.807, 2.05) is 24.3 Å².